The van der Waals surface area contributed by atoms with E-state index in [1.54, 1.807) is 6.92 Å². The second-order valence-corrected chi connectivity index (χ2v) is 3.27. The number of hydrogen-bond acceptors (Lipinski definition) is 5. The standard InChI is InChI=1S/C11H11ClO5/c1-3-16-11(14)17-8-5-4-7(10(12)13)6-9(8)15-2/h4-6H,3H2,1-2H3. The van der Waals surface area contributed by atoms with Crippen LogP contribution in [0.3, 0.4) is 0 Å². The number of ether oxygens (including phenoxy) is 3. The third kappa shape index (κ3) is 3.64. The number of halogens is 1. The summed E-state index contributed by atoms with van der Waals surface area (Å²) in [6, 6.07) is 4.21. The predicted octanol–water partition coefficient (Wildman–Crippen LogP) is 2.61. The molecule has 0 aliphatic heterocycles. The summed E-state index contributed by atoms with van der Waals surface area (Å²) in [6.45, 7) is 1.87. The molecule has 0 radical (unpaired) electrons. The molecule has 5 nitrogen and oxygen atoms in total. The van der Waals surface area contributed by atoms with Gasteiger partial charge in [0.15, 0.2) is 11.5 Å². The van der Waals surface area contributed by atoms with E-state index in [2.05, 4.69) is 4.74 Å². The monoisotopic (exact) mass is 258 g/mol. The summed E-state index contributed by atoms with van der Waals surface area (Å²) in [7, 11) is 1.38. The number of carbonyl (C=O) groups excluding carboxylic acids is 2. The molecule has 0 spiro atoms. The molecular formula is C11H11ClO5. The maximum Gasteiger partial charge on any atom is 0.513 e. The molecule has 0 saturated carbocycles. The third-order valence-electron chi connectivity index (χ3n) is 1.85. The van der Waals surface area contributed by atoms with Crippen molar-refractivity contribution in [2.45, 2.75) is 6.92 Å². The molecular weight excluding hydrogens is 248 g/mol. The number of benzene rings is 1. The predicted molar refractivity (Wildman–Crippen MR) is 60.8 cm³/mol. The Morgan fingerprint density at radius 2 is 2.00 bits per heavy atom. The van der Waals surface area contributed by atoms with Gasteiger partial charge in [-0.2, -0.15) is 0 Å². The fraction of sp³-hybridized carbons (Fsp3) is 0.273. The first-order chi connectivity index (χ1) is 8.08. The van der Waals surface area contributed by atoms with E-state index in [0.717, 1.165) is 0 Å². The van der Waals surface area contributed by atoms with E-state index in [4.69, 9.17) is 21.1 Å². The first-order valence-corrected chi connectivity index (χ1v) is 5.18. The highest BCUT2D eigenvalue weighted by Crippen LogP contribution is 2.28. The fourth-order valence-corrected chi connectivity index (χ4v) is 1.23. The van der Waals surface area contributed by atoms with E-state index in [9.17, 15) is 9.59 Å². The van der Waals surface area contributed by atoms with Crippen molar-refractivity contribution in [3.8, 4) is 11.5 Å². The lowest BCUT2D eigenvalue weighted by molar-refractivity contribution is 0.103. The van der Waals surface area contributed by atoms with Crippen LogP contribution in [0.5, 0.6) is 11.5 Å². The summed E-state index contributed by atoms with van der Waals surface area (Å²) in [5.41, 5.74) is 0.250. The zero-order chi connectivity index (χ0) is 12.8. The van der Waals surface area contributed by atoms with Crippen LogP contribution in [-0.2, 0) is 4.74 Å². The maximum atomic E-state index is 11.1. The molecule has 1 rings (SSSR count). The van der Waals surface area contributed by atoms with Gasteiger partial charge in [-0.25, -0.2) is 4.79 Å². The summed E-state index contributed by atoms with van der Waals surface area (Å²) < 4.78 is 14.5. The molecule has 0 saturated heterocycles. The lowest BCUT2D eigenvalue weighted by Gasteiger charge is -2.09. The van der Waals surface area contributed by atoms with Gasteiger partial charge in [0.1, 0.15) is 0 Å². The zero-order valence-corrected chi connectivity index (χ0v) is 10.1. The van der Waals surface area contributed by atoms with Crippen molar-refractivity contribution in [1.82, 2.24) is 0 Å². The van der Waals surface area contributed by atoms with Crippen LogP contribution < -0.4 is 9.47 Å². The van der Waals surface area contributed by atoms with Gasteiger partial charge in [-0.15, -0.1) is 0 Å². The molecule has 0 atom stereocenters. The topological polar surface area (TPSA) is 61.8 Å². The Morgan fingerprint density at radius 3 is 2.53 bits per heavy atom. The molecule has 1 aromatic rings. The largest absolute Gasteiger partial charge is 0.513 e. The fourth-order valence-electron chi connectivity index (χ4n) is 1.11. The summed E-state index contributed by atoms with van der Waals surface area (Å²) >= 11 is 5.31. The van der Waals surface area contributed by atoms with Gasteiger partial charge in [0.2, 0.25) is 0 Å². The van der Waals surface area contributed by atoms with E-state index in [0.29, 0.717) is 0 Å². The van der Waals surface area contributed by atoms with Crippen molar-refractivity contribution in [3.05, 3.63) is 23.8 Å². The van der Waals surface area contributed by atoms with Crippen LogP contribution in [0.15, 0.2) is 18.2 Å². The Balaban J connectivity index is 2.92. The molecule has 0 amide bonds. The van der Waals surface area contributed by atoms with Gasteiger partial charge in [-0.1, -0.05) is 0 Å². The summed E-state index contributed by atoms with van der Waals surface area (Å²) in [4.78, 5) is 22.0. The molecule has 6 heteroatoms. The van der Waals surface area contributed by atoms with E-state index in [1.165, 1.54) is 25.3 Å². The number of hydrogen-bond donors (Lipinski definition) is 0. The highest BCUT2D eigenvalue weighted by Gasteiger charge is 2.13. The van der Waals surface area contributed by atoms with Gasteiger partial charge in [-0.3, -0.25) is 4.79 Å². The molecule has 0 bridgehead atoms. The number of methoxy groups -OCH3 is 1. The highest BCUT2D eigenvalue weighted by atomic mass is 35.5. The average Bonchev–Trinajstić information content (AvgIpc) is 2.29. The lowest BCUT2D eigenvalue weighted by Crippen LogP contribution is -2.10. The summed E-state index contributed by atoms with van der Waals surface area (Å²) in [5.74, 6) is 0.386. The van der Waals surface area contributed by atoms with Crippen LogP contribution in [0.25, 0.3) is 0 Å². The van der Waals surface area contributed by atoms with Crippen molar-refractivity contribution < 1.29 is 23.8 Å². The Morgan fingerprint density at radius 1 is 1.29 bits per heavy atom. The Bertz CT molecular complexity index is 430. The molecule has 0 aliphatic rings. The SMILES string of the molecule is CCOC(=O)Oc1ccc(C(=O)Cl)cc1OC. The van der Waals surface area contributed by atoms with Crippen molar-refractivity contribution >= 4 is 23.0 Å². The van der Waals surface area contributed by atoms with Crippen LogP contribution in [0.2, 0.25) is 0 Å². The average molecular weight is 259 g/mol. The minimum absolute atomic E-state index is 0.160. The zero-order valence-electron chi connectivity index (χ0n) is 9.36. The van der Waals surface area contributed by atoms with Gasteiger partial charge in [0.05, 0.1) is 13.7 Å². The minimum atomic E-state index is -0.837. The molecule has 0 aromatic heterocycles. The van der Waals surface area contributed by atoms with E-state index in [1.807, 2.05) is 0 Å². The van der Waals surface area contributed by atoms with Crippen LogP contribution in [0.1, 0.15) is 17.3 Å². The van der Waals surface area contributed by atoms with Crippen LogP contribution >= 0.6 is 11.6 Å². The minimum Gasteiger partial charge on any atom is -0.493 e. The van der Waals surface area contributed by atoms with Crippen molar-refractivity contribution in [1.29, 1.82) is 0 Å². The molecule has 0 fully saturated rings. The van der Waals surface area contributed by atoms with Crippen LogP contribution in [-0.4, -0.2) is 25.1 Å². The second-order valence-electron chi connectivity index (χ2n) is 2.92. The molecule has 92 valence electrons. The van der Waals surface area contributed by atoms with Gasteiger partial charge >= 0.3 is 6.16 Å². The maximum absolute atomic E-state index is 11.1. The van der Waals surface area contributed by atoms with Gasteiger partial charge in [0, 0.05) is 5.56 Å². The molecule has 0 unspecified atom stereocenters. The van der Waals surface area contributed by atoms with Gasteiger partial charge in [-0.05, 0) is 36.7 Å². The van der Waals surface area contributed by atoms with E-state index >= 15 is 0 Å². The van der Waals surface area contributed by atoms with E-state index in [-0.39, 0.29) is 23.7 Å². The van der Waals surface area contributed by atoms with Crippen molar-refractivity contribution in [2.24, 2.45) is 0 Å². The molecule has 17 heavy (non-hydrogen) atoms. The molecule has 0 heterocycles. The lowest BCUT2D eigenvalue weighted by atomic mass is 10.2. The van der Waals surface area contributed by atoms with Crippen molar-refractivity contribution in [3.63, 3.8) is 0 Å². The van der Waals surface area contributed by atoms with Gasteiger partial charge in [0.25, 0.3) is 5.24 Å². The normalized spacial score (nSPS) is 9.59. The Hall–Kier alpha value is -1.75. The Kier molecular flexibility index (Phi) is 4.78. The summed E-state index contributed by atoms with van der Waals surface area (Å²) in [5, 5.41) is -0.619. The number of rotatable bonds is 4. The Labute approximate surface area is 103 Å². The first kappa shape index (κ1) is 13.3. The van der Waals surface area contributed by atoms with Crippen LogP contribution in [0.4, 0.5) is 4.79 Å². The highest BCUT2D eigenvalue weighted by molar-refractivity contribution is 6.67. The van der Waals surface area contributed by atoms with Crippen molar-refractivity contribution in [2.75, 3.05) is 13.7 Å². The molecule has 1 aromatic carbocycles. The van der Waals surface area contributed by atoms with E-state index < -0.39 is 11.4 Å². The second kappa shape index (κ2) is 6.10. The van der Waals surface area contributed by atoms with Crippen LogP contribution in [0, 0.1) is 0 Å². The summed E-state index contributed by atoms with van der Waals surface area (Å²) in [6.07, 6.45) is -0.837. The van der Waals surface area contributed by atoms with Gasteiger partial charge < -0.3 is 14.2 Å². The smallest absolute Gasteiger partial charge is 0.493 e. The quantitative estimate of drug-likeness (QED) is 0.472. The molecule has 0 aliphatic carbocycles. The first-order valence-electron chi connectivity index (χ1n) is 4.81. The number of carbonyl (C=O) groups is 2. The molecule has 0 N–H and O–H groups in total. The third-order valence-corrected chi connectivity index (χ3v) is 2.06.